The van der Waals surface area contributed by atoms with Crippen LogP contribution >= 0.6 is 0 Å². The number of nitrogens with one attached hydrogen (secondary N) is 3. The van der Waals surface area contributed by atoms with Crippen molar-refractivity contribution in [3.8, 4) is 0 Å². The fourth-order valence-electron chi connectivity index (χ4n) is 14.7. The highest BCUT2D eigenvalue weighted by Crippen LogP contribution is 2.29. The molecule has 0 saturated carbocycles. The number of fused-ring (bicyclic) bond motifs is 6. The number of piperidine rings is 1. The van der Waals surface area contributed by atoms with Gasteiger partial charge in [0.25, 0.3) is 0 Å². The van der Waals surface area contributed by atoms with Crippen LogP contribution in [0.5, 0.6) is 0 Å². The van der Waals surface area contributed by atoms with Crippen LogP contribution in [0.2, 0.25) is 0 Å². The molecule has 6 fully saturated rings. The first kappa shape index (κ1) is 74.7. The molecule has 107 heavy (non-hydrogen) atoms. The zero-order chi connectivity index (χ0) is 75.0. The average molecular weight is 1460 g/mol. The molecular weight excluding hydrogens is 1350 g/mol. The molecule has 4 atom stereocenters. The van der Waals surface area contributed by atoms with Gasteiger partial charge in [-0.05, 0) is 151 Å². The number of rotatable bonds is 11. The van der Waals surface area contributed by atoms with E-state index in [0.29, 0.717) is 65.6 Å². The number of aryl methyl sites for hydroxylation is 8. The van der Waals surface area contributed by atoms with Crippen LogP contribution in [0.25, 0.3) is 33.9 Å². The number of nitrogens with zero attached hydrogens (tertiary/aromatic N) is 22. The number of hydrogen-bond donors (Lipinski definition) is 12. The summed E-state index contributed by atoms with van der Waals surface area (Å²) in [6.07, 6.45) is 26.6. The minimum atomic E-state index is 0.236. The van der Waals surface area contributed by atoms with Crippen molar-refractivity contribution in [2.24, 2.45) is 17.2 Å². The van der Waals surface area contributed by atoms with Gasteiger partial charge in [0.15, 0.2) is 33.9 Å². The standard InChI is InChI=1S/2C13H19N5.3C12H18N6.C11H16N6/c2*1-9-8-16-18-12(14)7-11(17-13(9)18)5-4-10-3-2-6-15-10;1-8-7-15-18-10(14)6-11(16-12(8)18)17-4-2-9(13)3-5-17;1-9-8-15-18-10(13)7-11(16-12(9)18)17-5-2-3-14-4-6-17;1-8-7-15-18-10(14)5-11(16-12(8)18)17-4-2-3-9(17)6-13;1-7-5-14-17-9(13)4-10(15-11(7)17)16-3-2-8(12)6-16/h2*7-8,10,15H,2-6,14H2,1H3;6-7,9H,2-5,13-14H2,1H3;7-8,14H,2-6,13H2,1H3;5,7,9H,2-4,6,13-14H2,1H3;4-5,8H,2-3,6,12-13H2,1H3/t2*10-;;;9-;8-/m10..11/s1. The Morgan fingerprint density at radius 2 is 0.729 bits per heavy atom. The van der Waals surface area contributed by atoms with Crippen LogP contribution in [0.15, 0.2) is 73.6 Å². The lowest BCUT2D eigenvalue weighted by molar-refractivity contribution is 0.499. The van der Waals surface area contributed by atoms with Gasteiger partial charge in [-0.1, -0.05) is 0 Å². The Kier molecular flexibility index (Phi) is 23.4. The van der Waals surface area contributed by atoms with Crippen LogP contribution < -0.4 is 87.2 Å². The minimum Gasteiger partial charge on any atom is -0.384 e. The second kappa shape index (κ2) is 33.5. The minimum absolute atomic E-state index is 0.236. The first-order valence-electron chi connectivity index (χ1n) is 37.8. The van der Waals surface area contributed by atoms with E-state index in [-0.39, 0.29) is 6.04 Å². The van der Waals surface area contributed by atoms with Crippen LogP contribution in [0.3, 0.4) is 0 Å². The molecule has 0 amide bonds. The van der Waals surface area contributed by atoms with Gasteiger partial charge in [0.1, 0.15) is 58.2 Å². The molecule has 6 aliphatic heterocycles. The molecule has 6 saturated heterocycles. The normalized spacial score (nSPS) is 19.0. The third kappa shape index (κ3) is 17.3. The number of nitrogen functional groups attached to an aromatic ring is 6. The second-order valence-electron chi connectivity index (χ2n) is 29.2. The molecule has 0 unspecified atom stereocenters. The summed E-state index contributed by atoms with van der Waals surface area (Å²) in [7, 11) is 0. The smallest absolute Gasteiger partial charge is 0.162 e. The molecular formula is C73H108N34. The summed E-state index contributed by atoms with van der Waals surface area (Å²) in [6, 6.07) is 13.6. The second-order valence-corrected chi connectivity index (χ2v) is 29.2. The average Bonchev–Trinajstić information content (AvgIpc) is 1.67. The Labute approximate surface area is 622 Å². The van der Waals surface area contributed by atoms with Crippen LogP contribution in [0, 0.1) is 41.5 Å². The van der Waals surface area contributed by atoms with Gasteiger partial charge in [-0.3, -0.25) is 0 Å². The van der Waals surface area contributed by atoms with Crippen molar-refractivity contribution in [3.05, 3.63) is 118 Å². The van der Waals surface area contributed by atoms with Gasteiger partial charge in [0, 0.05) is 170 Å². The Morgan fingerprint density at radius 1 is 0.364 bits per heavy atom. The van der Waals surface area contributed by atoms with Gasteiger partial charge in [-0.15, -0.1) is 0 Å². The summed E-state index contributed by atoms with van der Waals surface area (Å²) in [5, 5.41) is 35.7. The topological polar surface area (TPSA) is 464 Å². The molecule has 0 aromatic carbocycles. The summed E-state index contributed by atoms with van der Waals surface area (Å²) in [4.78, 5) is 36.8. The third-order valence-corrected chi connectivity index (χ3v) is 20.9. The van der Waals surface area contributed by atoms with E-state index in [1.807, 2.05) is 77.9 Å². The zero-order valence-electron chi connectivity index (χ0n) is 62.7. The van der Waals surface area contributed by atoms with E-state index in [2.05, 4.69) is 96.0 Å². The lowest BCUT2D eigenvalue weighted by Crippen LogP contribution is -2.40. The molecule has 0 bridgehead atoms. The summed E-state index contributed by atoms with van der Waals surface area (Å²) >= 11 is 0. The Morgan fingerprint density at radius 3 is 1.12 bits per heavy atom. The molecule has 18 rings (SSSR count). The van der Waals surface area contributed by atoms with E-state index < -0.39 is 0 Å². The van der Waals surface area contributed by atoms with Crippen molar-refractivity contribution >= 4 is 92.1 Å². The van der Waals surface area contributed by atoms with Crippen molar-refractivity contribution < 1.29 is 0 Å². The maximum atomic E-state index is 6.03. The maximum absolute atomic E-state index is 6.03. The van der Waals surface area contributed by atoms with E-state index in [1.54, 1.807) is 64.3 Å². The van der Waals surface area contributed by atoms with E-state index >= 15 is 0 Å². The van der Waals surface area contributed by atoms with Crippen LogP contribution in [-0.2, 0) is 12.8 Å². The van der Waals surface area contributed by atoms with Crippen LogP contribution in [0.4, 0.5) is 58.2 Å². The largest absolute Gasteiger partial charge is 0.384 e. The number of nitrogens with two attached hydrogens (primary N) is 9. The fraction of sp³-hybridized carbons (Fsp3) is 0.507. The van der Waals surface area contributed by atoms with Gasteiger partial charge in [-0.2, -0.15) is 57.7 Å². The highest BCUT2D eigenvalue weighted by molar-refractivity contribution is 5.63. The molecule has 18 heterocycles. The molecule has 12 aromatic heterocycles. The Hall–Kier alpha value is -10.5. The monoisotopic (exact) mass is 1460 g/mol. The molecule has 34 nitrogen and oxygen atoms in total. The lowest BCUT2D eigenvalue weighted by Gasteiger charge is -2.31. The van der Waals surface area contributed by atoms with Gasteiger partial charge in [0.05, 0.1) is 37.2 Å². The number of hydrogen-bond acceptors (Lipinski definition) is 28. The van der Waals surface area contributed by atoms with E-state index in [0.717, 1.165) is 238 Å². The van der Waals surface area contributed by atoms with Crippen molar-refractivity contribution in [1.82, 2.24) is 104 Å². The first-order valence-corrected chi connectivity index (χ1v) is 37.8. The summed E-state index contributed by atoms with van der Waals surface area (Å²) < 4.78 is 10.1. The van der Waals surface area contributed by atoms with E-state index in [4.69, 9.17) is 51.6 Å². The molecule has 34 heteroatoms. The number of aromatic nitrogens is 18. The quantitative estimate of drug-likeness (QED) is 0.0859. The van der Waals surface area contributed by atoms with Gasteiger partial charge in [0.2, 0.25) is 0 Å². The Bertz CT molecular complexity index is 4850. The maximum Gasteiger partial charge on any atom is 0.162 e. The highest BCUT2D eigenvalue weighted by atomic mass is 15.4. The highest BCUT2D eigenvalue weighted by Gasteiger charge is 2.27. The van der Waals surface area contributed by atoms with Crippen molar-refractivity contribution in [1.29, 1.82) is 0 Å². The molecule has 12 aromatic rings. The molecule has 6 aliphatic rings. The van der Waals surface area contributed by atoms with E-state index in [9.17, 15) is 0 Å². The molecule has 570 valence electrons. The molecule has 0 aliphatic carbocycles. The summed E-state index contributed by atoms with van der Waals surface area (Å²) in [6.45, 7) is 23.7. The first-order chi connectivity index (χ1) is 51.7. The van der Waals surface area contributed by atoms with Crippen LogP contribution in [-0.4, -0.2) is 196 Å². The summed E-state index contributed by atoms with van der Waals surface area (Å²) in [5.74, 6) is 7.51. The van der Waals surface area contributed by atoms with Gasteiger partial charge < -0.3 is 87.2 Å². The van der Waals surface area contributed by atoms with Gasteiger partial charge in [-0.25, -0.2) is 29.9 Å². The van der Waals surface area contributed by atoms with E-state index in [1.165, 1.54) is 25.7 Å². The number of anilines is 10. The lowest BCUT2D eigenvalue weighted by atomic mass is 10.1. The Balaban J connectivity index is 0.000000113. The zero-order valence-corrected chi connectivity index (χ0v) is 62.7. The predicted molar refractivity (Wildman–Crippen MR) is 425 cm³/mol. The molecule has 21 N–H and O–H groups in total. The van der Waals surface area contributed by atoms with Crippen molar-refractivity contribution in [3.63, 3.8) is 0 Å². The predicted octanol–water partition coefficient (Wildman–Crippen LogP) is 4.28. The summed E-state index contributed by atoms with van der Waals surface area (Å²) in [5.41, 5.74) is 67.2. The van der Waals surface area contributed by atoms with Crippen molar-refractivity contribution in [2.75, 3.05) is 133 Å². The molecule has 0 radical (unpaired) electrons. The fourth-order valence-corrected chi connectivity index (χ4v) is 14.7. The third-order valence-electron chi connectivity index (χ3n) is 20.9. The van der Waals surface area contributed by atoms with Crippen molar-refractivity contribution in [2.45, 2.75) is 162 Å². The van der Waals surface area contributed by atoms with Gasteiger partial charge >= 0.3 is 0 Å². The SMILES string of the molecule is Cc1cnn2c(N)cc(CC[C@@H]3CCCN3)nc12.Cc1cnn2c(N)cc(CC[C@H]3CCCN3)nc12.Cc1cnn2c(N)cc(N3CCC(N)CC3)nc12.Cc1cnn2c(N)cc(N3CCCNCC3)nc12.Cc1cnn2c(N)cc(N3CCC[C@@H]3CN)nc12.Cc1cnn2c(N)cc(N3CC[C@@H](N)C3)nc12. The molecule has 0 spiro atoms. The van der Waals surface area contributed by atoms with Crippen LogP contribution in [0.1, 0.15) is 122 Å².